The van der Waals surface area contributed by atoms with E-state index in [1.807, 2.05) is 0 Å². The summed E-state index contributed by atoms with van der Waals surface area (Å²) in [5.74, 6) is -1.67. The zero-order chi connectivity index (χ0) is 12.1. The number of carboxylic acids is 1. The summed E-state index contributed by atoms with van der Waals surface area (Å²) < 4.78 is 0. The minimum Gasteiger partial charge on any atom is -0.480 e. The molecule has 3 amide bonds. The highest BCUT2D eigenvalue weighted by molar-refractivity contribution is 6.05. The Bertz CT molecular complexity index is 305. The first-order valence-corrected chi connectivity index (χ1v) is 5.10. The predicted molar refractivity (Wildman–Crippen MR) is 54.6 cm³/mol. The lowest BCUT2D eigenvalue weighted by atomic mass is 10.1. The van der Waals surface area contributed by atoms with Gasteiger partial charge in [-0.3, -0.25) is 14.5 Å². The predicted octanol–water partition coefficient (Wildman–Crippen LogP) is -0.880. The zero-order valence-electron chi connectivity index (χ0n) is 8.81. The molecule has 7 heteroatoms. The van der Waals surface area contributed by atoms with Crippen LogP contribution < -0.4 is 11.1 Å². The number of amides is 3. The molecule has 0 aliphatic carbocycles. The highest BCUT2D eigenvalue weighted by atomic mass is 16.4. The maximum absolute atomic E-state index is 11.6. The Balaban J connectivity index is 2.49. The van der Waals surface area contributed by atoms with Crippen LogP contribution in [0.4, 0.5) is 4.79 Å². The molecule has 0 radical (unpaired) electrons. The fraction of sp³-hybridized carbons (Fsp3) is 0.667. The Labute approximate surface area is 92.6 Å². The number of urea groups is 1. The van der Waals surface area contributed by atoms with Gasteiger partial charge in [0.05, 0.1) is 0 Å². The minimum atomic E-state index is -1.20. The molecule has 1 aliphatic rings. The molecular weight excluding hydrogens is 214 g/mol. The number of rotatable bonds is 6. The number of nitrogens with zero attached hydrogens (tertiary/aromatic N) is 1. The first-order chi connectivity index (χ1) is 7.56. The van der Waals surface area contributed by atoms with Gasteiger partial charge in [-0.2, -0.15) is 0 Å². The molecule has 1 atom stereocenters. The van der Waals surface area contributed by atoms with Crippen molar-refractivity contribution in [2.75, 3.05) is 13.1 Å². The lowest BCUT2D eigenvalue weighted by Gasteiger charge is -2.09. The van der Waals surface area contributed by atoms with Crippen LogP contribution in [0.15, 0.2) is 0 Å². The molecule has 90 valence electrons. The Hall–Kier alpha value is -1.63. The molecule has 1 saturated heterocycles. The van der Waals surface area contributed by atoms with Crippen LogP contribution in [0, 0.1) is 0 Å². The number of hydrogen-bond acceptors (Lipinski definition) is 4. The Kier molecular flexibility index (Phi) is 4.24. The molecule has 0 aromatic heterocycles. The molecule has 1 heterocycles. The summed E-state index contributed by atoms with van der Waals surface area (Å²) >= 11 is 0. The van der Waals surface area contributed by atoms with E-state index in [4.69, 9.17) is 10.8 Å². The van der Waals surface area contributed by atoms with Crippen molar-refractivity contribution in [3.63, 3.8) is 0 Å². The number of aliphatic carboxylic acids is 1. The number of nitrogens with two attached hydrogens (primary N) is 1. The fourth-order valence-electron chi connectivity index (χ4n) is 1.55. The largest absolute Gasteiger partial charge is 0.480 e. The van der Waals surface area contributed by atoms with E-state index in [0.717, 1.165) is 17.7 Å². The van der Waals surface area contributed by atoms with Crippen LogP contribution in [-0.2, 0) is 9.59 Å². The standard InChI is InChI=1S/C9H15N3O4/c10-4-2-1-3-6-8(15)12(5-7(13)14)9(16)11-6/h6H,1-5,10H2,(H,11,16)(H,13,14). The average Bonchev–Trinajstić information content (AvgIpc) is 2.46. The summed E-state index contributed by atoms with van der Waals surface area (Å²) in [5, 5.41) is 11.0. The number of unbranched alkanes of at least 4 members (excludes halogenated alkanes) is 1. The minimum absolute atomic E-state index is 0.468. The van der Waals surface area contributed by atoms with Gasteiger partial charge in [0.15, 0.2) is 0 Å². The monoisotopic (exact) mass is 229 g/mol. The summed E-state index contributed by atoms with van der Waals surface area (Å²) in [6.45, 7) is -0.0498. The van der Waals surface area contributed by atoms with Crippen LogP contribution in [0.3, 0.4) is 0 Å². The lowest BCUT2D eigenvalue weighted by Crippen LogP contribution is -2.36. The Morgan fingerprint density at radius 3 is 2.69 bits per heavy atom. The quantitative estimate of drug-likeness (QED) is 0.404. The van der Waals surface area contributed by atoms with Gasteiger partial charge in [0, 0.05) is 0 Å². The third-order valence-corrected chi connectivity index (χ3v) is 2.35. The first-order valence-electron chi connectivity index (χ1n) is 5.10. The van der Waals surface area contributed by atoms with Crippen molar-refractivity contribution in [3.8, 4) is 0 Å². The Morgan fingerprint density at radius 1 is 1.44 bits per heavy atom. The van der Waals surface area contributed by atoms with Gasteiger partial charge in [-0.1, -0.05) is 0 Å². The van der Waals surface area contributed by atoms with Crippen molar-refractivity contribution in [1.82, 2.24) is 10.2 Å². The summed E-state index contributed by atoms with van der Waals surface area (Å²) in [6, 6.07) is -1.23. The number of carbonyl (C=O) groups excluding carboxylic acids is 2. The molecule has 16 heavy (non-hydrogen) atoms. The highest BCUT2D eigenvalue weighted by Crippen LogP contribution is 2.11. The summed E-state index contributed by atoms with van der Waals surface area (Å²) in [7, 11) is 0. The fourth-order valence-corrected chi connectivity index (χ4v) is 1.55. The average molecular weight is 229 g/mol. The number of imide groups is 1. The van der Waals surface area contributed by atoms with Crippen LogP contribution in [0.5, 0.6) is 0 Å². The molecular formula is C9H15N3O4. The second-order valence-corrected chi connectivity index (χ2v) is 3.60. The Morgan fingerprint density at radius 2 is 2.12 bits per heavy atom. The zero-order valence-corrected chi connectivity index (χ0v) is 8.81. The molecule has 0 saturated carbocycles. The van der Waals surface area contributed by atoms with Gasteiger partial charge in [0.2, 0.25) is 0 Å². The molecule has 1 unspecified atom stereocenters. The van der Waals surface area contributed by atoms with Crippen LogP contribution in [0.2, 0.25) is 0 Å². The second-order valence-electron chi connectivity index (χ2n) is 3.60. The van der Waals surface area contributed by atoms with Gasteiger partial charge in [0.1, 0.15) is 12.6 Å². The van der Waals surface area contributed by atoms with E-state index in [9.17, 15) is 14.4 Å². The third kappa shape index (κ3) is 2.93. The molecule has 0 aromatic rings. The normalized spacial score (nSPS) is 20.1. The lowest BCUT2D eigenvalue weighted by molar-refractivity contribution is -0.141. The van der Waals surface area contributed by atoms with Crippen molar-refractivity contribution in [2.24, 2.45) is 5.73 Å². The SMILES string of the molecule is NCCCCC1NC(=O)N(CC(=O)O)C1=O. The molecule has 1 fully saturated rings. The third-order valence-electron chi connectivity index (χ3n) is 2.35. The molecule has 7 nitrogen and oxygen atoms in total. The number of hydrogen-bond donors (Lipinski definition) is 3. The van der Waals surface area contributed by atoms with Crippen LogP contribution in [0.25, 0.3) is 0 Å². The van der Waals surface area contributed by atoms with E-state index in [1.54, 1.807) is 0 Å². The van der Waals surface area contributed by atoms with Gasteiger partial charge in [-0.15, -0.1) is 0 Å². The molecule has 1 rings (SSSR count). The summed E-state index contributed by atoms with van der Waals surface area (Å²) in [4.78, 5) is 34.0. The number of nitrogens with one attached hydrogen (secondary N) is 1. The maximum Gasteiger partial charge on any atom is 0.325 e. The van der Waals surface area contributed by atoms with E-state index >= 15 is 0 Å². The van der Waals surface area contributed by atoms with Crippen molar-refractivity contribution >= 4 is 17.9 Å². The summed E-state index contributed by atoms with van der Waals surface area (Å²) in [5.41, 5.74) is 5.31. The van der Waals surface area contributed by atoms with Gasteiger partial charge < -0.3 is 16.2 Å². The van der Waals surface area contributed by atoms with Gasteiger partial charge in [0.25, 0.3) is 5.91 Å². The highest BCUT2D eigenvalue weighted by Gasteiger charge is 2.38. The van der Waals surface area contributed by atoms with E-state index in [-0.39, 0.29) is 0 Å². The van der Waals surface area contributed by atoms with Crippen molar-refractivity contribution < 1.29 is 19.5 Å². The molecule has 1 aliphatic heterocycles. The van der Waals surface area contributed by atoms with Crippen LogP contribution in [-0.4, -0.2) is 47.0 Å². The molecule has 0 bridgehead atoms. The topological polar surface area (TPSA) is 113 Å². The van der Waals surface area contributed by atoms with Gasteiger partial charge in [-0.05, 0) is 25.8 Å². The van der Waals surface area contributed by atoms with Crippen LogP contribution >= 0.6 is 0 Å². The molecule has 4 N–H and O–H groups in total. The molecule has 0 aromatic carbocycles. The van der Waals surface area contributed by atoms with Gasteiger partial charge in [-0.25, -0.2) is 4.79 Å². The van der Waals surface area contributed by atoms with Crippen LogP contribution in [0.1, 0.15) is 19.3 Å². The summed E-state index contributed by atoms with van der Waals surface area (Å²) in [6.07, 6.45) is 2.00. The van der Waals surface area contributed by atoms with Gasteiger partial charge >= 0.3 is 12.0 Å². The second kappa shape index (κ2) is 5.45. The van der Waals surface area contributed by atoms with Crippen molar-refractivity contribution in [1.29, 1.82) is 0 Å². The number of carbonyl (C=O) groups is 3. The van der Waals surface area contributed by atoms with E-state index in [2.05, 4.69) is 5.32 Å². The van der Waals surface area contributed by atoms with Crippen molar-refractivity contribution in [3.05, 3.63) is 0 Å². The smallest absolute Gasteiger partial charge is 0.325 e. The van der Waals surface area contributed by atoms with Crippen molar-refractivity contribution in [2.45, 2.75) is 25.3 Å². The number of carboxylic acid groups (broad SMARTS) is 1. The maximum atomic E-state index is 11.6. The van der Waals surface area contributed by atoms with E-state index < -0.39 is 30.5 Å². The van der Waals surface area contributed by atoms with E-state index in [1.165, 1.54) is 0 Å². The van der Waals surface area contributed by atoms with E-state index in [0.29, 0.717) is 13.0 Å². The first kappa shape index (κ1) is 12.4. The molecule has 0 spiro atoms.